The van der Waals surface area contributed by atoms with Crippen LogP contribution in [0, 0.1) is 0 Å². The minimum atomic E-state index is -4.56. The average molecular weight is 390 g/mol. The van der Waals surface area contributed by atoms with E-state index >= 15 is 0 Å². The van der Waals surface area contributed by atoms with Gasteiger partial charge in [0.15, 0.2) is 0 Å². The molecule has 2 aromatic rings. The number of nitrogens with zero attached hydrogens (tertiary/aromatic N) is 3. The van der Waals surface area contributed by atoms with Gasteiger partial charge in [-0.2, -0.15) is 18.2 Å². The Morgan fingerprint density at radius 1 is 1.22 bits per heavy atom. The smallest absolute Gasteiger partial charge is 0.423 e. The molecule has 0 aliphatic carbocycles. The first kappa shape index (κ1) is 17.5. The minimum absolute atomic E-state index is 0.0840. The van der Waals surface area contributed by atoms with Gasteiger partial charge in [-0.3, -0.25) is 0 Å². The summed E-state index contributed by atoms with van der Waals surface area (Å²) in [7, 11) is 0. The highest BCUT2D eigenvalue weighted by Gasteiger charge is 2.36. The molecular weight excluding hydrogens is 375 g/mol. The van der Waals surface area contributed by atoms with Gasteiger partial charge >= 0.3 is 6.18 Å². The number of aromatic nitrogens is 2. The topological polar surface area (TPSA) is 38.2 Å². The lowest BCUT2D eigenvalue weighted by molar-refractivity contribution is -0.139. The number of ether oxygens (including phenoxy) is 1. The van der Waals surface area contributed by atoms with E-state index in [4.69, 9.17) is 4.74 Å². The molecule has 0 aliphatic rings. The van der Waals surface area contributed by atoms with E-state index in [2.05, 4.69) is 25.9 Å². The van der Waals surface area contributed by atoms with Gasteiger partial charge in [-0.25, -0.2) is 4.98 Å². The van der Waals surface area contributed by atoms with Crippen LogP contribution < -0.4 is 9.64 Å². The van der Waals surface area contributed by atoms with Gasteiger partial charge < -0.3 is 9.64 Å². The number of alkyl halides is 3. The number of anilines is 2. The first-order valence-corrected chi connectivity index (χ1v) is 7.76. The van der Waals surface area contributed by atoms with Gasteiger partial charge in [0, 0.05) is 17.2 Å². The molecule has 0 N–H and O–H groups in total. The molecule has 1 aromatic heterocycles. The molecule has 0 spiro atoms. The zero-order chi connectivity index (χ0) is 17.0. The molecule has 0 aliphatic heterocycles. The number of hydrogen-bond acceptors (Lipinski definition) is 4. The predicted octanol–water partition coefficient (Wildman–Crippen LogP) is 4.81. The Balaban J connectivity index is 2.50. The van der Waals surface area contributed by atoms with Gasteiger partial charge in [-0.1, -0.05) is 12.1 Å². The normalized spacial score (nSPS) is 11.4. The molecule has 1 aromatic carbocycles. The molecule has 124 valence electrons. The van der Waals surface area contributed by atoms with Crippen molar-refractivity contribution in [3.05, 3.63) is 40.5 Å². The van der Waals surface area contributed by atoms with Crippen molar-refractivity contribution >= 4 is 27.6 Å². The van der Waals surface area contributed by atoms with Crippen molar-refractivity contribution in [3.8, 4) is 5.88 Å². The van der Waals surface area contributed by atoms with E-state index < -0.39 is 17.6 Å². The van der Waals surface area contributed by atoms with Crippen LogP contribution in [0.3, 0.4) is 0 Å². The molecule has 0 unspecified atom stereocenters. The highest BCUT2D eigenvalue weighted by molar-refractivity contribution is 9.10. The Bertz CT molecular complexity index is 679. The summed E-state index contributed by atoms with van der Waals surface area (Å²) in [5.41, 5.74) is -0.219. The van der Waals surface area contributed by atoms with Crippen LogP contribution in [0.15, 0.2) is 34.9 Å². The molecule has 0 atom stereocenters. The van der Waals surface area contributed by atoms with E-state index in [9.17, 15) is 13.2 Å². The third-order valence-electron chi connectivity index (χ3n) is 3.03. The number of rotatable bonds is 5. The van der Waals surface area contributed by atoms with Crippen LogP contribution in [0.4, 0.5) is 24.8 Å². The third-order valence-corrected chi connectivity index (χ3v) is 3.70. The van der Waals surface area contributed by atoms with Crippen molar-refractivity contribution in [2.75, 3.05) is 18.1 Å². The summed E-state index contributed by atoms with van der Waals surface area (Å²) in [5, 5.41) is 0. The summed E-state index contributed by atoms with van der Waals surface area (Å²) in [6.07, 6.45) is -3.81. The van der Waals surface area contributed by atoms with Crippen LogP contribution in [0.2, 0.25) is 0 Å². The monoisotopic (exact) mass is 389 g/mol. The molecule has 0 saturated heterocycles. The van der Waals surface area contributed by atoms with Gasteiger partial charge in [0.2, 0.25) is 11.8 Å². The summed E-state index contributed by atoms with van der Waals surface area (Å²) in [5.74, 6) is -0.314. The second-order valence-corrected chi connectivity index (χ2v) is 5.37. The van der Waals surface area contributed by atoms with Crippen molar-refractivity contribution in [2.24, 2.45) is 0 Å². The number of benzene rings is 1. The van der Waals surface area contributed by atoms with Crippen molar-refractivity contribution in [3.63, 3.8) is 0 Å². The lowest BCUT2D eigenvalue weighted by atomic mass is 10.3. The van der Waals surface area contributed by atoms with Crippen LogP contribution in [0.25, 0.3) is 0 Å². The predicted molar refractivity (Wildman–Crippen MR) is 85.0 cm³/mol. The zero-order valence-corrected chi connectivity index (χ0v) is 14.1. The van der Waals surface area contributed by atoms with E-state index in [0.29, 0.717) is 6.54 Å². The first-order chi connectivity index (χ1) is 10.9. The Hall–Kier alpha value is -1.83. The molecule has 0 bridgehead atoms. The standard InChI is InChI=1S/C15H15BrF3N3O/c1-3-22(12-8-6-5-7-11(12)16)14-20-9-10(15(17,18)19)13(21-14)23-4-2/h5-9H,3-4H2,1-2H3. The maximum Gasteiger partial charge on any atom is 0.423 e. The molecule has 4 nitrogen and oxygen atoms in total. The largest absolute Gasteiger partial charge is 0.477 e. The Morgan fingerprint density at radius 3 is 2.48 bits per heavy atom. The number of para-hydroxylation sites is 1. The summed E-state index contributed by atoms with van der Waals surface area (Å²) in [6, 6.07) is 7.34. The maximum atomic E-state index is 13.0. The molecule has 0 amide bonds. The number of hydrogen-bond donors (Lipinski definition) is 0. The van der Waals surface area contributed by atoms with E-state index in [1.807, 2.05) is 31.2 Å². The minimum Gasteiger partial charge on any atom is -0.477 e. The summed E-state index contributed by atoms with van der Waals surface area (Å²) in [4.78, 5) is 9.54. The lowest BCUT2D eigenvalue weighted by Crippen LogP contribution is -2.21. The summed E-state index contributed by atoms with van der Waals surface area (Å²) < 4.78 is 44.8. The van der Waals surface area contributed by atoms with E-state index in [1.165, 1.54) is 0 Å². The molecule has 8 heteroatoms. The molecule has 23 heavy (non-hydrogen) atoms. The average Bonchev–Trinajstić information content (AvgIpc) is 2.49. The first-order valence-electron chi connectivity index (χ1n) is 6.97. The lowest BCUT2D eigenvalue weighted by Gasteiger charge is -2.23. The fourth-order valence-corrected chi connectivity index (χ4v) is 2.52. The molecule has 2 rings (SSSR count). The van der Waals surface area contributed by atoms with E-state index in [0.717, 1.165) is 16.4 Å². The molecule has 1 heterocycles. The van der Waals surface area contributed by atoms with Gasteiger partial charge in [-0.05, 0) is 41.9 Å². The van der Waals surface area contributed by atoms with Gasteiger partial charge in [0.1, 0.15) is 5.56 Å². The molecular formula is C15H15BrF3N3O. The van der Waals surface area contributed by atoms with Crippen LogP contribution in [0.1, 0.15) is 19.4 Å². The highest BCUT2D eigenvalue weighted by Crippen LogP contribution is 2.37. The van der Waals surface area contributed by atoms with Gasteiger partial charge in [0.05, 0.1) is 12.3 Å². The van der Waals surface area contributed by atoms with E-state index in [-0.39, 0.29) is 12.6 Å². The SMILES string of the molecule is CCOc1nc(N(CC)c2ccccc2Br)ncc1C(F)(F)F. The fraction of sp³-hybridized carbons (Fsp3) is 0.333. The van der Waals surface area contributed by atoms with E-state index in [1.54, 1.807) is 11.8 Å². The van der Waals surface area contributed by atoms with Crippen molar-refractivity contribution in [1.29, 1.82) is 0 Å². The fourth-order valence-electron chi connectivity index (χ4n) is 2.02. The van der Waals surface area contributed by atoms with Gasteiger partial charge in [-0.15, -0.1) is 0 Å². The zero-order valence-electron chi connectivity index (χ0n) is 12.6. The van der Waals surface area contributed by atoms with Crippen molar-refractivity contribution < 1.29 is 17.9 Å². The molecule has 0 radical (unpaired) electrons. The van der Waals surface area contributed by atoms with Gasteiger partial charge in [0.25, 0.3) is 0 Å². The summed E-state index contributed by atoms with van der Waals surface area (Å²) >= 11 is 3.42. The van der Waals surface area contributed by atoms with Crippen LogP contribution in [0.5, 0.6) is 5.88 Å². The maximum absolute atomic E-state index is 13.0. The summed E-state index contributed by atoms with van der Waals surface area (Å²) in [6.45, 7) is 4.04. The molecule has 0 fully saturated rings. The van der Waals surface area contributed by atoms with Crippen LogP contribution in [-0.2, 0) is 6.18 Å². The second-order valence-electron chi connectivity index (χ2n) is 4.52. The second kappa shape index (κ2) is 7.16. The number of halogens is 4. The Kier molecular flexibility index (Phi) is 5.46. The van der Waals surface area contributed by atoms with Crippen LogP contribution in [-0.4, -0.2) is 23.1 Å². The Morgan fingerprint density at radius 2 is 1.91 bits per heavy atom. The Labute approximate surface area is 140 Å². The third kappa shape index (κ3) is 3.93. The highest BCUT2D eigenvalue weighted by atomic mass is 79.9. The van der Waals surface area contributed by atoms with Crippen molar-refractivity contribution in [2.45, 2.75) is 20.0 Å². The van der Waals surface area contributed by atoms with Crippen molar-refractivity contribution in [1.82, 2.24) is 9.97 Å². The van der Waals surface area contributed by atoms with Crippen LogP contribution >= 0.6 is 15.9 Å². The quantitative estimate of drug-likeness (QED) is 0.734. The molecule has 0 saturated carbocycles.